The van der Waals surface area contributed by atoms with Crippen LogP contribution in [0.5, 0.6) is 0 Å². The van der Waals surface area contributed by atoms with Gasteiger partial charge in [0.1, 0.15) is 5.71 Å². The van der Waals surface area contributed by atoms with E-state index in [1.165, 1.54) is 0 Å². The molecular weight excluding hydrogens is 162 g/mol. The van der Waals surface area contributed by atoms with Crippen LogP contribution in [0.4, 0.5) is 0 Å². The zero-order valence-corrected chi connectivity index (χ0v) is 9.39. The second kappa shape index (κ2) is 3.83. The summed E-state index contributed by atoms with van der Waals surface area (Å²) in [5.74, 6) is 5.94. The molecule has 2 nitrogen and oxygen atoms in total. The van der Waals surface area contributed by atoms with Gasteiger partial charge in [-0.1, -0.05) is 31.8 Å². The Hall–Kier alpha value is -0.970. The molecule has 0 spiro atoms. The van der Waals surface area contributed by atoms with E-state index in [2.05, 4.69) is 17.0 Å². The number of nitrogens with zero attached hydrogens (tertiary/aromatic N) is 1. The monoisotopic (exact) mass is 181 g/mol. The van der Waals surface area contributed by atoms with Crippen LogP contribution in [0.25, 0.3) is 0 Å². The van der Waals surface area contributed by atoms with Gasteiger partial charge in [0, 0.05) is 10.8 Å². The molecule has 0 aliphatic carbocycles. The van der Waals surface area contributed by atoms with Crippen molar-refractivity contribution in [2.75, 3.05) is 0 Å². The fraction of sp³-hybridized carbons (Fsp3) is 0.727. The summed E-state index contributed by atoms with van der Waals surface area (Å²) in [7, 11) is 0. The van der Waals surface area contributed by atoms with Crippen LogP contribution < -0.4 is 0 Å². The number of hydrogen-bond acceptors (Lipinski definition) is 2. The normalized spacial score (nSPS) is 13.5. The van der Waals surface area contributed by atoms with Crippen molar-refractivity contribution in [2.45, 2.75) is 41.5 Å². The van der Waals surface area contributed by atoms with Gasteiger partial charge in [-0.2, -0.15) is 0 Å². The second-order valence-electron chi connectivity index (χ2n) is 5.20. The summed E-state index contributed by atoms with van der Waals surface area (Å²) in [5, 5.41) is 11.9. The van der Waals surface area contributed by atoms with Gasteiger partial charge in [0.15, 0.2) is 0 Å². The lowest BCUT2D eigenvalue weighted by Gasteiger charge is -2.15. The van der Waals surface area contributed by atoms with Crippen LogP contribution in [-0.2, 0) is 0 Å². The molecule has 0 aliphatic heterocycles. The molecule has 0 radical (unpaired) electrons. The number of oxime groups is 1. The zero-order valence-electron chi connectivity index (χ0n) is 9.39. The first-order valence-electron chi connectivity index (χ1n) is 4.42. The predicted molar refractivity (Wildman–Crippen MR) is 55.9 cm³/mol. The molecular formula is C11H19NO. The third kappa shape index (κ3) is 5.30. The molecule has 0 atom stereocenters. The topological polar surface area (TPSA) is 32.6 Å². The maximum absolute atomic E-state index is 8.74. The van der Waals surface area contributed by atoms with Gasteiger partial charge >= 0.3 is 0 Å². The molecule has 0 bridgehead atoms. The van der Waals surface area contributed by atoms with Crippen LogP contribution >= 0.6 is 0 Å². The minimum absolute atomic E-state index is 0.0544. The van der Waals surface area contributed by atoms with Gasteiger partial charge in [0.05, 0.1) is 0 Å². The fourth-order valence-electron chi connectivity index (χ4n) is 0.609. The number of rotatable bonds is 0. The molecule has 13 heavy (non-hydrogen) atoms. The summed E-state index contributed by atoms with van der Waals surface area (Å²) < 4.78 is 0. The Morgan fingerprint density at radius 3 is 1.77 bits per heavy atom. The average molecular weight is 181 g/mol. The average Bonchev–Trinajstić information content (AvgIpc) is 1.82. The van der Waals surface area contributed by atoms with Crippen molar-refractivity contribution in [3.8, 4) is 11.8 Å². The van der Waals surface area contributed by atoms with E-state index in [0.717, 1.165) is 0 Å². The first-order valence-corrected chi connectivity index (χ1v) is 4.42. The van der Waals surface area contributed by atoms with E-state index < -0.39 is 0 Å². The van der Waals surface area contributed by atoms with E-state index in [-0.39, 0.29) is 10.8 Å². The van der Waals surface area contributed by atoms with E-state index in [0.29, 0.717) is 5.71 Å². The van der Waals surface area contributed by atoms with Gasteiger partial charge in [0.25, 0.3) is 0 Å². The molecule has 1 N–H and O–H groups in total. The lowest BCUT2D eigenvalue weighted by molar-refractivity contribution is 0.312. The maximum Gasteiger partial charge on any atom is 0.134 e. The maximum atomic E-state index is 8.74. The van der Waals surface area contributed by atoms with Gasteiger partial charge in [-0.25, -0.2) is 0 Å². The molecule has 0 saturated carbocycles. The quantitative estimate of drug-likeness (QED) is 0.265. The molecule has 2 heteroatoms. The van der Waals surface area contributed by atoms with Gasteiger partial charge in [-0.3, -0.25) is 0 Å². The Balaban J connectivity index is 4.76. The van der Waals surface area contributed by atoms with Crippen molar-refractivity contribution in [3.05, 3.63) is 0 Å². The van der Waals surface area contributed by atoms with E-state index in [1.54, 1.807) is 0 Å². The Morgan fingerprint density at radius 2 is 1.54 bits per heavy atom. The van der Waals surface area contributed by atoms with Crippen molar-refractivity contribution in [2.24, 2.45) is 16.0 Å². The van der Waals surface area contributed by atoms with Crippen LogP contribution in [0.2, 0.25) is 0 Å². The Morgan fingerprint density at radius 1 is 1.08 bits per heavy atom. The standard InChI is InChI=1S/C11H19NO/c1-10(2,3)8-7-9(12-13)11(4,5)6/h13H,1-6H3/b12-9+. The molecule has 0 aromatic carbocycles. The molecule has 0 aromatic heterocycles. The van der Waals surface area contributed by atoms with Crippen LogP contribution in [-0.4, -0.2) is 10.9 Å². The van der Waals surface area contributed by atoms with Crippen molar-refractivity contribution < 1.29 is 5.21 Å². The molecule has 0 heterocycles. The molecule has 0 rings (SSSR count). The first-order chi connectivity index (χ1) is 5.67. The largest absolute Gasteiger partial charge is 0.410 e. The number of hydrogen-bond donors (Lipinski definition) is 1. The Bertz CT molecular complexity index is 253. The SMILES string of the molecule is CC(C)(C)C#C/C(=N\O)C(C)(C)C. The Kier molecular flexibility index (Phi) is 3.54. The molecule has 0 fully saturated rings. The fourth-order valence-corrected chi connectivity index (χ4v) is 0.609. The summed E-state index contributed by atoms with van der Waals surface area (Å²) in [6.07, 6.45) is 0. The van der Waals surface area contributed by atoms with Gasteiger partial charge < -0.3 is 5.21 Å². The van der Waals surface area contributed by atoms with Gasteiger partial charge in [-0.05, 0) is 26.7 Å². The van der Waals surface area contributed by atoms with Crippen molar-refractivity contribution in [1.82, 2.24) is 0 Å². The van der Waals surface area contributed by atoms with Crippen molar-refractivity contribution in [1.29, 1.82) is 0 Å². The summed E-state index contributed by atoms with van der Waals surface area (Å²) in [6.45, 7) is 12.0. The Labute approximate surface area is 81.0 Å². The minimum atomic E-state index is -0.188. The minimum Gasteiger partial charge on any atom is -0.410 e. The van der Waals surface area contributed by atoms with Crippen molar-refractivity contribution in [3.63, 3.8) is 0 Å². The lowest BCUT2D eigenvalue weighted by Crippen LogP contribution is -2.19. The van der Waals surface area contributed by atoms with Crippen LogP contribution in [0.15, 0.2) is 5.16 Å². The third-order valence-corrected chi connectivity index (χ3v) is 1.37. The molecule has 0 aromatic rings. The molecule has 0 aliphatic rings. The van der Waals surface area contributed by atoms with E-state index in [1.807, 2.05) is 41.5 Å². The van der Waals surface area contributed by atoms with Crippen molar-refractivity contribution >= 4 is 5.71 Å². The highest BCUT2D eigenvalue weighted by Gasteiger charge is 2.18. The van der Waals surface area contributed by atoms with E-state index in [4.69, 9.17) is 5.21 Å². The zero-order chi connectivity index (χ0) is 10.7. The second-order valence-corrected chi connectivity index (χ2v) is 5.20. The third-order valence-electron chi connectivity index (χ3n) is 1.37. The molecule has 0 unspecified atom stereocenters. The first kappa shape index (κ1) is 12.0. The smallest absolute Gasteiger partial charge is 0.134 e. The molecule has 0 amide bonds. The molecule has 74 valence electrons. The van der Waals surface area contributed by atoms with Crippen LogP contribution in [0.3, 0.4) is 0 Å². The highest BCUT2D eigenvalue weighted by Crippen LogP contribution is 2.16. The van der Waals surface area contributed by atoms with Crippen LogP contribution in [0, 0.1) is 22.7 Å². The molecule has 0 saturated heterocycles. The van der Waals surface area contributed by atoms with Crippen LogP contribution in [0.1, 0.15) is 41.5 Å². The summed E-state index contributed by atoms with van der Waals surface area (Å²) in [5.41, 5.74) is 0.288. The predicted octanol–water partition coefficient (Wildman–Crippen LogP) is 2.91. The summed E-state index contributed by atoms with van der Waals surface area (Å²) in [4.78, 5) is 0. The van der Waals surface area contributed by atoms with E-state index in [9.17, 15) is 0 Å². The summed E-state index contributed by atoms with van der Waals surface area (Å²) >= 11 is 0. The highest BCUT2D eigenvalue weighted by atomic mass is 16.4. The summed E-state index contributed by atoms with van der Waals surface area (Å²) in [6, 6.07) is 0. The van der Waals surface area contributed by atoms with Gasteiger partial charge in [-0.15, -0.1) is 0 Å². The highest BCUT2D eigenvalue weighted by molar-refractivity contribution is 6.03. The van der Waals surface area contributed by atoms with Gasteiger partial charge in [0.2, 0.25) is 0 Å². The lowest BCUT2D eigenvalue weighted by atomic mass is 9.89. The van der Waals surface area contributed by atoms with E-state index >= 15 is 0 Å².